The first kappa shape index (κ1) is 21.7. The van der Waals surface area contributed by atoms with E-state index in [-0.39, 0.29) is 29.5 Å². The average molecular weight is 445 g/mol. The molecular weight excluding hydrogens is 415 g/mol. The van der Waals surface area contributed by atoms with Gasteiger partial charge in [0.15, 0.2) is 5.13 Å². The largest absolute Gasteiger partial charge is 0.352 e. The highest BCUT2D eigenvalue weighted by Gasteiger charge is 2.30. The van der Waals surface area contributed by atoms with Gasteiger partial charge in [-0.3, -0.25) is 9.59 Å². The number of carbonyl (C=O) groups excluding carboxylic acids is 2. The predicted molar refractivity (Wildman–Crippen MR) is 120 cm³/mol. The summed E-state index contributed by atoms with van der Waals surface area (Å²) in [6, 6.07) is 6.20. The van der Waals surface area contributed by atoms with Gasteiger partial charge in [-0.25, -0.2) is 9.37 Å². The van der Waals surface area contributed by atoms with Gasteiger partial charge in [-0.05, 0) is 37.0 Å². The molecule has 1 aliphatic heterocycles. The van der Waals surface area contributed by atoms with Crippen molar-refractivity contribution in [2.45, 2.75) is 39.7 Å². The highest BCUT2D eigenvalue weighted by molar-refractivity contribution is 7.15. The van der Waals surface area contributed by atoms with Crippen LogP contribution in [0.4, 0.5) is 9.52 Å². The zero-order valence-corrected chi connectivity index (χ0v) is 18.9. The smallest absolute Gasteiger partial charge is 0.225 e. The van der Waals surface area contributed by atoms with E-state index < -0.39 is 0 Å². The highest BCUT2D eigenvalue weighted by Crippen LogP contribution is 2.34. The minimum atomic E-state index is -0.274. The van der Waals surface area contributed by atoms with Gasteiger partial charge in [0.2, 0.25) is 11.8 Å². The lowest BCUT2D eigenvalue weighted by Crippen LogP contribution is -2.49. The van der Waals surface area contributed by atoms with Crippen molar-refractivity contribution in [3.63, 3.8) is 0 Å². The molecule has 0 radical (unpaired) electrons. The second kappa shape index (κ2) is 9.34. The van der Waals surface area contributed by atoms with Gasteiger partial charge in [-0.2, -0.15) is 0 Å². The first-order chi connectivity index (χ1) is 14.9. The molecule has 1 aromatic heterocycles. The Morgan fingerprint density at radius 2 is 1.90 bits per heavy atom. The van der Waals surface area contributed by atoms with E-state index in [0.717, 1.165) is 55.4 Å². The number of halogens is 1. The number of amides is 2. The van der Waals surface area contributed by atoms with Gasteiger partial charge >= 0.3 is 0 Å². The van der Waals surface area contributed by atoms with Crippen molar-refractivity contribution in [3.05, 3.63) is 46.2 Å². The quantitative estimate of drug-likeness (QED) is 0.770. The lowest BCUT2D eigenvalue weighted by molar-refractivity contribution is -0.134. The third kappa shape index (κ3) is 5.06. The molecular formula is C23H29FN4O2S. The molecule has 0 saturated carbocycles. The third-order valence-electron chi connectivity index (χ3n) is 6.03. The van der Waals surface area contributed by atoms with Crippen LogP contribution in [0.1, 0.15) is 36.4 Å². The number of fused-ring (bicyclic) bond motifs is 1. The fourth-order valence-corrected chi connectivity index (χ4v) is 5.38. The number of nitrogens with zero attached hydrogens (tertiary/aromatic N) is 3. The van der Waals surface area contributed by atoms with E-state index in [0.29, 0.717) is 13.0 Å². The molecule has 1 aromatic carbocycles. The molecule has 2 amide bonds. The third-order valence-corrected chi connectivity index (χ3v) is 7.22. The Morgan fingerprint density at radius 1 is 1.19 bits per heavy atom. The van der Waals surface area contributed by atoms with Crippen LogP contribution in [-0.2, 0) is 29.0 Å². The maximum absolute atomic E-state index is 13.0. The number of nitrogens with one attached hydrogen (secondary N) is 1. The average Bonchev–Trinajstić information content (AvgIpc) is 3.21. The Labute approximate surface area is 186 Å². The summed E-state index contributed by atoms with van der Waals surface area (Å²) in [5.41, 5.74) is 2.00. The molecule has 1 atom stereocenters. The summed E-state index contributed by atoms with van der Waals surface area (Å²) in [5, 5.41) is 4.00. The van der Waals surface area contributed by atoms with E-state index >= 15 is 0 Å². The summed E-state index contributed by atoms with van der Waals surface area (Å²) in [7, 11) is 0. The van der Waals surface area contributed by atoms with Crippen molar-refractivity contribution in [1.29, 1.82) is 0 Å². The van der Waals surface area contributed by atoms with Crippen molar-refractivity contribution >= 4 is 28.3 Å². The molecule has 31 heavy (non-hydrogen) atoms. The predicted octanol–water partition coefficient (Wildman–Crippen LogP) is 3.01. The first-order valence-corrected chi connectivity index (χ1v) is 11.8. The number of hydrogen-bond acceptors (Lipinski definition) is 5. The van der Waals surface area contributed by atoms with Gasteiger partial charge in [0.05, 0.1) is 5.69 Å². The van der Waals surface area contributed by atoms with Gasteiger partial charge < -0.3 is 15.1 Å². The summed E-state index contributed by atoms with van der Waals surface area (Å²) in [5.74, 6) is -0.0336. The number of carbonyl (C=O) groups is 2. The number of hydrogen-bond donors (Lipinski definition) is 1. The zero-order valence-electron chi connectivity index (χ0n) is 18.1. The van der Waals surface area contributed by atoms with E-state index in [9.17, 15) is 14.0 Å². The van der Waals surface area contributed by atoms with Crippen LogP contribution in [0.15, 0.2) is 24.3 Å². The summed E-state index contributed by atoms with van der Waals surface area (Å²) < 4.78 is 13.0. The Morgan fingerprint density at radius 3 is 2.58 bits per heavy atom. The summed E-state index contributed by atoms with van der Waals surface area (Å²) in [6.07, 6.45) is 2.32. The van der Waals surface area contributed by atoms with Gasteiger partial charge in [0.1, 0.15) is 5.82 Å². The summed E-state index contributed by atoms with van der Waals surface area (Å²) >= 11 is 1.68. The van der Waals surface area contributed by atoms with E-state index in [2.05, 4.69) is 10.2 Å². The highest BCUT2D eigenvalue weighted by atomic mass is 32.1. The number of piperazine rings is 1. The van der Waals surface area contributed by atoms with Gasteiger partial charge in [-0.15, -0.1) is 11.3 Å². The van der Waals surface area contributed by atoms with Crippen molar-refractivity contribution in [1.82, 2.24) is 15.2 Å². The molecule has 1 N–H and O–H groups in total. The number of aromatic nitrogens is 1. The SMILES string of the molecule is CC(C)C(=O)N1CCN(c2nc3c(s2)C[C@H](C(=O)NCc2ccc(F)cc2)CC3)CC1. The zero-order chi connectivity index (χ0) is 22.0. The van der Waals surface area contributed by atoms with Crippen molar-refractivity contribution in [3.8, 4) is 0 Å². The Kier molecular flexibility index (Phi) is 6.55. The second-order valence-corrected chi connectivity index (χ2v) is 9.68. The van der Waals surface area contributed by atoms with Crippen LogP contribution < -0.4 is 10.2 Å². The van der Waals surface area contributed by atoms with Crippen LogP contribution in [0.25, 0.3) is 0 Å². The molecule has 1 saturated heterocycles. The van der Waals surface area contributed by atoms with Gasteiger partial charge in [0, 0.05) is 49.4 Å². The lowest BCUT2D eigenvalue weighted by atomic mass is 9.90. The summed E-state index contributed by atoms with van der Waals surface area (Å²) in [4.78, 5) is 35.1. The van der Waals surface area contributed by atoms with Crippen molar-refractivity contribution in [2.75, 3.05) is 31.1 Å². The second-order valence-electron chi connectivity index (χ2n) is 8.62. The standard InChI is InChI=1S/C23H29FN4O2S/c1-15(2)22(30)27-9-11-28(12-10-27)23-26-19-8-5-17(13-20(19)31-23)21(29)25-14-16-3-6-18(24)7-4-16/h3-4,6-7,15,17H,5,8-14H2,1-2H3,(H,25,29)/t17-/m1/s1. The van der Waals surface area contributed by atoms with Crippen LogP contribution in [0.5, 0.6) is 0 Å². The van der Waals surface area contributed by atoms with Crippen LogP contribution in [-0.4, -0.2) is 47.9 Å². The molecule has 8 heteroatoms. The molecule has 0 spiro atoms. The number of thiazole rings is 1. The van der Waals surface area contributed by atoms with Crippen LogP contribution in [0.3, 0.4) is 0 Å². The number of aryl methyl sites for hydroxylation is 1. The molecule has 2 aliphatic rings. The molecule has 4 rings (SSSR count). The molecule has 0 unspecified atom stereocenters. The van der Waals surface area contributed by atoms with E-state index in [1.807, 2.05) is 18.7 Å². The van der Waals surface area contributed by atoms with Crippen molar-refractivity contribution in [2.24, 2.45) is 11.8 Å². The van der Waals surface area contributed by atoms with Crippen LogP contribution in [0, 0.1) is 17.7 Å². The molecule has 1 aliphatic carbocycles. The first-order valence-electron chi connectivity index (χ1n) is 10.9. The fourth-order valence-electron chi connectivity index (χ4n) is 4.14. The molecule has 0 bridgehead atoms. The van der Waals surface area contributed by atoms with E-state index in [1.54, 1.807) is 23.5 Å². The molecule has 1 fully saturated rings. The van der Waals surface area contributed by atoms with E-state index in [4.69, 9.17) is 4.98 Å². The van der Waals surface area contributed by atoms with Gasteiger partial charge in [-0.1, -0.05) is 26.0 Å². The molecule has 2 aromatic rings. The maximum Gasteiger partial charge on any atom is 0.225 e. The van der Waals surface area contributed by atoms with Crippen LogP contribution >= 0.6 is 11.3 Å². The monoisotopic (exact) mass is 444 g/mol. The lowest BCUT2D eigenvalue weighted by Gasteiger charge is -2.35. The minimum absolute atomic E-state index is 0.0323. The Balaban J connectivity index is 1.32. The number of anilines is 1. The summed E-state index contributed by atoms with van der Waals surface area (Å²) in [6.45, 7) is 7.35. The molecule has 6 nitrogen and oxygen atoms in total. The topological polar surface area (TPSA) is 65.5 Å². The molecule has 166 valence electrons. The number of rotatable bonds is 5. The Hall–Kier alpha value is -2.48. The normalized spacial score (nSPS) is 18.8. The molecule has 2 heterocycles. The van der Waals surface area contributed by atoms with Crippen LogP contribution in [0.2, 0.25) is 0 Å². The number of benzene rings is 1. The fraction of sp³-hybridized carbons (Fsp3) is 0.522. The minimum Gasteiger partial charge on any atom is -0.352 e. The van der Waals surface area contributed by atoms with Crippen molar-refractivity contribution < 1.29 is 14.0 Å². The van der Waals surface area contributed by atoms with Gasteiger partial charge in [0.25, 0.3) is 0 Å². The maximum atomic E-state index is 13.0. The van der Waals surface area contributed by atoms with E-state index in [1.165, 1.54) is 17.0 Å². The Bertz CT molecular complexity index is 936.